The van der Waals surface area contributed by atoms with Gasteiger partial charge in [-0.15, -0.1) is 0 Å². The number of carbonyl (C=O) groups excluding carboxylic acids is 3. The Labute approximate surface area is 86.2 Å². The lowest BCUT2D eigenvalue weighted by molar-refractivity contribution is -0.125. The average Bonchev–Trinajstić information content (AvgIpc) is 2.44. The molecule has 0 aromatic carbocycles. The van der Waals surface area contributed by atoms with Crippen LogP contribution in [0.2, 0.25) is 0 Å². The maximum atomic E-state index is 11.0. The van der Waals surface area contributed by atoms with Crippen LogP contribution < -0.4 is 5.32 Å². The third-order valence-corrected chi connectivity index (χ3v) is 1.79. The zero-order valence-electron chi connectivity index (χ0n) is 8.40. The molecule has 82 valence electrons. The highest BCUT2D eigenvalue weighted by atomic mass is 16.7. The largest absolute Gasteiger partial charge is 0.514 e. The van der Waals surface area contributed by atoms with Crippen LogP contribution >= 0.6 is 0 Å². The normalized spacial score (nSPS) is 16.8. The lowest BCUT2D eigenvalue weighted by Gasteiger charge is -2.09. The van der Waals surface area contributed by atoms with E-state index in [4.69, 9.17) is 4.74 Å². The summed E-state index contributed by atoms with van der Waals surface area (Å²) in [5, 5.41) is 1.94. The predicted molar refractivity (Wildman–Crippen MR) is 48.6 cm³/mol. The van der Waals surface area contributed by atoms with Gasteiger partial charge in [-0.1, -0.05) is 6.92 Å². The second kappa shape index (κ2) is 4.59. The molecule has 2 amide bonds. The van der Waals surface area contributed by atoms with Crippen LogP contribution in [-0.2, 0) is 19.1 Å². The zero-order chi connectivity index (χ0) is 11.4. The van der Waals surface area contributed by atoms with E-state index < -0.39 is 18.0 Å². The molecule has 6 heteroatoms. The molecule has 1 N–H and O–H groups in total. The van der Waals surface area contributed by atoms with Gasteiger partial charge >= 0.3 is 6.16 Å². The Balaban J connectivity index is 2.48. The molecule has 0 aliphatic carbocycles. The second-order valence-corrected chi connectivity index (χ2v) is 3.02. The molecular weight excluding hydrogens is 202 g/mol. The number of hydrogen-bond acceptors (Lipinski definition) is 5. The minimum Gasteiger partial charge on any atom is -0.431 e. The van der Waals surface area contributed by atoms with Crippen molar-refractivity contribution >= 4 is 18.0 Å². The Morgan fingerprint density at radius 3 is 2.67 bits per heavy atom. The Kier molecular flexibility index (Phi) is 3.43. The quantitative estimate of drug-likeness (QED) is 0.544. The number of imide groups is 1. The van der Waals surface area contributed by atoms with Gasteiger partial charge in [0.15, 0.2) is 0 Å². The molecule has 0 fully saturated rings. The fraction of sp³-hybridized carbons (Fsp3) is 0.444. The van der Waals surface area contributed by atoms with Crippen molar-refractivity contribution in [1.29, 1.82) is 0 Å². The maximum absolute atomic E-state index is 11.0. The highest BCUT2D eigenvalue weighted by Crippen LogP contribution is 2.07. The van der Waals surface area contributed by atoms with Gasteiger partial charge in [-0.2, -0.15) is 0 Å². The first-order valence-corrected chi connectivity index (χ1v) is 4.48. The Morgan fingerprint density at radius 2 is 2.20 bits per heavy atom. The molecule has 1 heterocycles. The van der Waals surface area contributed by atoms with Crippen molar-refractivity contribution < 1.29 is 23.9 Å². The molecule has 1 aliphatic heterocycles. The van der Waals surface area contributed by atoms with Crippen LogP contribution in [0.15, 0.2) is 11.8 Å². The number of nitrogens with one attached hydrogen (secondary N) is 1. The molecule has 0 aromatic rings. The van der Waals surface area contributed by atoms with E-state index in [1.807, 2.05) is 12.2 Å². The molecule has 0 saturated carbocycles. The maximum Gasteiger partial charge on any atom is 0.514 e. The van der Waals surface area contributed by atoms with Gasteiger partial charge in [0.2, 0.25) is 5.76 Å². The third kappa shape index (κ3) is 3.08. The topological polar surface area (TPSA) is 81.7 Å². The number of hydrogen-bond donors (Lipinski definition) is 1. The van der Waals surface area contributed by atoms with Gasteiger partial charge < -0.3 is 9.47 Å². The lowest BCUT2D eigenvalue weighted by Crippen LogP contribution is -2.24. The van der Waals surface area contributed by atoms with E-state index in [1.54, 1.807) is 6.92 Å². The average molecular weight is 213 g/mol. The summed E-state index contributed by atoms with van der Waals surface area (Å²) in [4.78, 5) is 32.7. The van der Waals surface area contributed by atoms with Crippen LogP contribution in [0.4, 0.5) is 4.79 Å². The lowest BCUT2D eigenvalue weighted by atomic mass is 10.3. The first kappa shape index (κ1) is 11.2. The number of carbonyl (C=O) groups is 3. The molecule has 6 nitrogen and oxygen atoms in total. The fourth-order valence-electron chi connectivity index (χ4n) is 0.831. The first-order chi connectivity index (χ1) is 7.02. The van der Waals surface area contributed by atoms with Crippen molar-refractivity contribution in [1.82, 2.24) is 5.32 Å². The van der Waals surface area contributed by atoms with E-state index in [9.17, 15) is 14.4 Å². The highest BCUT2D eigenvalue weighted by Gasteiger charge is 2.25. The van der Waals surface area contributed by atoms with Crippen molar-refractivity contribution in [3.63, 3.8) is 0 Å². The summed E-state index contributed by atoms with van der Waals surface area (Å²) in [7, 11) is 0. The van der Waals surface area contributed by atoms with Gasteiger partial charge in [0.25, 0.3) is 11.8 Å². The summed E-state index contributed by atoms with van der Waals surface area (Å²) in [5.74, 6) is -1.68. The molecule has 0 aromatic heterocycles. The van der Waals surface area contributed by atoms with E-state index in [0.717, 1.165) is 6.08 Å². The van der Waals surface area contributed by atoms with Gasteiger partial charge in [0, 0.05) is 0 Å². The van der Waals surface area contributed by atoms with Crippen LogP contribution in [0.1, 0.15) is 20.3 Å². The summed E-state index contributed by atoms with van der Waals surface area (Å²) < 4.78 is 9.29. The Morgan fingerprint density at radius 1 is 1.53 bits per heavy atom. The van der Waals surface area contributed by atoms with E-state index in [2.05, 4.69) is 4.74 Å². The summed E-state index contributed by atoms with van der Waals surface area (Å²) in [5.41, 5.74) is 0. The van der Waals surface area contributed by atoms with E-state index in [1.165, 1.54) is 0 Å². The predicted octanol–water partition coefficient (Wildman–Crippen LogP) is 0.478. The van der Waals surface area contributed by atoms with Crippen molar-refractivity contribution in [3.8, 4) is 0 Å². The standard InChI is InChI=1S/C9H11NO5/c1-3-5(2)14-9(13)15-6-4-7(11)10-8(6)12/h4-5H,3H2,1-2H3,(H,10,11,12). The monoisotopic (exact) mass is 213 g/mol. The van der Waals surface area contributed by atoms with Gasteiger partial charge in [-0.25, -0.2) is 4.79 Å². The van der Waals surface area contributed by atoms with Gasteiger partial charge in [-0.3, -0.25) is 14.9 Å². The molecule has 0 bridgehead atoms. The number of amides is 2. The molecule has 1 unspecified atom stereocenters. The third-order valence-electron chi connectivity index (χ3n) is 1.79. The minimum absolute atomic E-state index is 0.293. The van der Waals surface area contributed by atoms with E-state index in [0.29, 0.717) is 6.42 Å². The molecule has 0 saturated heterocycles. The highest BCUT2D eigenvalue weighted by molar-refractivity contribution is 6.15. The van der Waals surface area contributed by atoms with Crippen molar-refractivity contribution in [2.45, 2.75) is 26.4 Å². The van der Waals surface area contributed by atoms with E-state index >= 15 is 0 Å². The molecule has 15 heavy (non-hydrogen) atoms. The molecule has 1 atom stereocenters. The molecular formula is C9H11NO5. The number of rotatable bonds is 3. The molecule has 0 radical (unpaired) electrons. The van der Waals surface area contributed by atoms with Crippen molar-refractivity contribution in [2.24, 2.45) is 0 Å². The Bertz CT molecular complexity index is 333. The smallest absolute Gasteiger partial charge is 0.431 e. The summed E-state index contributed by atoms with van der Waals surface area (Å²) >= 11 is 0. The second-order valence-electron chi connectivity index (χ2n) is 3.02. The van der Waals surface area contributed by atoms with Crippen molar-refractivity contribution in [2.75, 3.05) is 0 Å². The van der Waals surface area contributed by atoms with Gasteiger partial charge in [0.05, 0.1) is 6.08 Å². The van der Waals surface area contributed by atoms with Crippen LogP contribution in [-0.4, -0.2) is 24.1 Å². The molecule has 0 spiro atoms. The van der Waals surface area contributed by atoms with E-state index in [-0.39, 0.29) is 11.9 Å². The van der Waals surface area contributed by atoms with Gasteiger partial charge in [-0.05, 0) is 13.3 Å². The summed E-state index contributed by atoms with van der Waals surface area (Å²) in [6.07, 6.45) is 0.262. The first-order valence-electron chi connectivity index (χ1n) is 4.48. The molecule has 1 aliphatic rings. The van der Waals surface area contributed by atoms with Crippen molar-refractivity contribution in [3.05, 3.63) is 11.8 Å². The Hall–Kier alpha value is -1.85. The van der Waals surface area contributed by atoms with Crippen LogP contribution in [0, 0.1) is 0 Å². The van der Waals surface area contributed by atoms with Crippen LogP contribution in [0.25, 0.3) is 0 Å². The fourth-order valence-corrected chi connectivity index (χ4v) is 0.831. The molecule has 1 rings (SSSR count). The summed E-state index contributed by atoms with van der Waals surface area (Å²) in [6, 6.07) is 0. The van der Waals surface area contributed by atoms with Crippen LogP contribution in [0.3, 0.4) is 0 Å². The SMILES string of the molecule is CCC(C)OC(=O)OC1=CC(=O)NC1=O. The van der Waals surface area contributed by atoms with Gasteiger partial charge in [0.1, 0.15) is 6.10 Å². The van der Waals surface area contributed by atoms with Crippen LogP contribution in [0.5, 0.6) is 0 Å². The number of ether oxygens (including phenoxy) is 2. The zero-order valence-corrected chi connectivity index (χ0v) is 8.40. The summed E-state index contributed by atoms with van der Waals surface area (Å²) in [6.45, 7) is 3.53. The minimum atomic E-state index is -0.986.